The standard InChI is InChI=1S/C17H18N6O5S/c1-11(19-2)16(17(18)20-12-6-4-3-5-7-12)22-21-14-9-8-13(23(24)25)10-15(14)29(26,27)28/h3-10,21H,1-2H3,(H2,18,20)(H,26,27,28)/b19-11?,22-16+. The number of nitro groups is 1. The largest absolute Gasteiger partial charge is 0.382 e. The number of nitro benzene ring substituents is 1. The average molecular weight is 418 g/mol. The van der Waals surface area contributed by atoms with Crippen LogP contribution in [-0.2, 0) is 10.1 Å². The molecule has 0 unspecified atom stereocenters. The van der Waals surface area contributed by atoms with E-state index >= 15 is 0 Å². The number of anilines is 1. The minimum Gasteiger partial charge on any atom is -0.382 e. The molecule has 0 aliphatic carbocycles. The molecule has 0 saturated carbocycles. The molecule has 152 valence electrons. The Morgan fingerprint density at radius 1 is 1.21 bits per heavy atom. The van der Waals surface area contributed by atoms with Crippen molar-refractivity contribution < 1.29 is 17.9 Å². The van der Waals surface area contributed by atoms with Gasteiger partial charge < -0.3 is 5.73 Å². The zero-order chi connectivity index (χ0) is 21.6. The maximum Gasteiger partial charge on any atom is 0.296 e. The van der Waals surface area contributed by atoms with Crippen molar-refractivity contribution in [2.24, 2.45) is 20.8 Å². The summed E-state index contributed by atoms with van der Waals surface area (Å²) in [5.41, 5.74) is 8.85. The number of para-hydroxylation sites is 1. The predicted molar refractivity (Wildman–Crippen MR) is 111 cm³/mol. The quantitative estimate of drug-likeness (QED) is 0.203. The van der Waals surface area contributed by atoms with Crippen molar-refractivity contribution in [3.05, 3.63) is 58.6 Å². The highest BCUT2D eigenvalue weighted by Crippen LogP contribution is 2.26. The van der Waals surface area contributed by atoms with Gasteiger partial charge in [-0.05, 0) is 25.1 Å². The lowest BCUT2D eigenvalue weighted by atomic mass is 10.2. The van der Waals surface area contributed by atoms with Gasteiger partial charge in [-0.1, -0.05) is 18.2 Å². The van der Waals surface area contributed by atoms with E-state index in [1.807, 2.05) is 6.07 Å². The van der Waals surface area contributed by atoms with Gasteiger partial charge in [-0.3, -0.25) is 25.1 Å². The van der Waals surface area contributed by atoms with Crippen molar-refractivity contribution in [2.45, 2.75) is 11.8 Å². The van der Waals surface area contributed by atoms with E-state index in [9.17, 15) is 23.1 Å². The van der Waals surface area contributed by atoms with Crippen molar-refractivity contribution >= 4 is 44.4 Å². The molecular weight excluding hydrogens is 400 g/mol. The summed E-state index contributed by atoms with van der Waals surface area (Å²) in [6.07, 6.45) is 0. The molecule has 0 heterocycles. The molecular formula is C17H18N6O5S. The molecule has 0 aliphatic heterocycles. The fourth-order valence-corrected chi connectivity index (χ4v) is 2.83. The normalized spacial score (nSPS) is 13.3. The van der Waals surface area contributed by atoms with E-state index in [2.05, 4.69) is 20.5 Å². The maximum absolute atomic E-state index is 11.6. The summed E-state index contributed by atoms with van der Waals surface area (Å²) in [6, 6.07) is 11.7. The number of nitrogens with zero attached hydrogens (tertiary/aromatic N) is 4. The lowest BCUT2D eigenvalue weighted by molar-refractivity contribution is -0.385. The van der Waals surface area contributed by atoms with Crippen LogP contribution in [0.3, 0.4) is 0 Å². The number of benzene rings is 2. The highest BCUT2D eigenvalue weighted by molar-refractivity contribution is 7.86. The second-order valence-electron chi connectivity index (χ2n) is 5.63. The molecule has 4 N–H and O–H groups in total. The van der Waals surface area contributed by atoms with E-state index in [-0.39, 0.29) is 17.2 Å². The highest BCUT2D eigenvalue weighted by Gasteiger charge is 2.20. The van der Waals surface area contributed by atoms with Crippen LogP contribution in [0.5, 0.6) is 0 Å². The Balaban J connectivity index is 2.49. The van der Waals surface area contributed by atoms with Crippen molar-refractivity contribution in [2.75, 3.05) is 12.5 Å². The number of nitrogens with one attached hydrogen (secondary N) is 1. The summed E-state index contributed by atoms with van der Waals surface area (Å²) >= 11 is 0. The Bertz CT molecular complexity index is 1110. The molecule has 0 amide bonds. The zero-order valence-corrected chi connectivity index (χ0v) is 16.3. The first kappa shape index (κ1) is 21.7. The SMILES string of the molecule is CN=C(C)/C(=N\Nc1ccc([N+](=O)[O-])cc1S(=O)(=O)O)C(N)=Nc1ccccc1. The molecule has 2 aromatic rings. The summed E-state index contributed by atoms with van der Waals surface area (Å²) < 4.78 is 32.6. The average Bonchev–Trinajstić information content (AvgIpc) is 2.67. The maximum atomic E-state index is 11.6. The lowest BCUT2D eigenvalue weighted by Gasteiger charge is -2.09. The van der Waals surface area contributed by atoms with Gasteiger partial charge in [0.15, 0.2) is 5.84 Å². The number of amidine groups is 1. The third-order valence-electron chi connectivity index (χ3n) is 3.67. The molecule has 0 radical (unpaired) electrons. The molecule has 2 aromatic carbocycles. The summed E-state index contributed by atoms with van der Waals surface area (Å²) in [6.45, 7) is 1.62. The zero-order valence-electron chi connectivity index (χ0n) is 15.5. The van der Waals surface area contributed by atoms with Gasteiger partial charge in [-0.2, -0.15) is 13.5 Å². The first-order valence-electron chi connectivity index (χ1n) is 8.06. The van der Waals surface area contributed by atoms with Crippen molar-refractivity contribution in [3.8, 4) is 0 Å². The minimum absolute atomic E-state index is 0.00196. The van der Waals surface area contributed by atoms with Crippen LogP contribution in [0.4, 0.5) is 17.1 Å². The van der Waals surface area contributed by atoms with Gasteiger partial charge in [0.2, 0.25) is 0 Å². The molecule has 0 saturated heterocycles. The number of hydrogen-bond acceptors (Lipinski definition) is 8. The van der Waals surface area contributed by atoms with Crippen LogP contribution in [0.15, 0.2) is 68.5 Å². The molecule has 0 aromatic heterocycles. The molecule has 29 heavy (non-hydrogen) atoms. The van der Waals surface area contributed by atoms with Gasteiger partial charge in [0.05, 0.1) is 22.0 Å². The predicted octanol–water partition coefficient (Wildman–Crippen LogP) is 2.39. The Kier molecular flexibility index (Phi) is 6.75. The Morgan fingerprint density at radius 3 is 2.41 bits per heavy atom. The van der Waals surface area contributed by atoms with E-state index in [1.54, 1.807) is 31.2 Å². The Labute approximate surface area is 166 Å². The second-order valence-corrected chi connectivity index (χ2v) is 7.02. The third kappa shape index (κ3) is 5.67. The van der Waals surface area contributed by atoms with Gasteiger partial charge in [0, 0.05) is 19.2 Å². The highest BCUT2D eigenvalue weighted by atomic mass is 32.2. The molecule has 0 bridgehead atoms. The van der Waals surface area contributed by atoms with E-state index in [4.69, 9.17) is 5.73 Å². The van der Waals surface area contributed by atoms with Gasteiger partial charge in [-0.15, -0.1) is 0 Å². The van der Waals surface area contributed by atoms with Gasteiger partial charge >= 0.3 is 0 Å². The molecule has 12 heteroatoms. The minimum atomic E-state index is -4.76. The van der Waals surface area contributed by atoms with Gasteiger partial charge in [-0.25, -0.2) is 4.99 Å². The van der Waals surface area contributed by atoms with Crippen LogP contribution < -0.4 is 11.2 Å². The van der Waals surface area contributed by atoms with Crippen LogP contribution >= 0.6 is 0 Å². The number of hydrogen-bond donors (Lipinski definition) is 3. The molecule has 11 nitrogen and oxygen atoms in total. The molecule has 0 aliphatic rings. The number of non-ortho nitro benzene ring substituents is 1. The summed E-state index contributed by atoms with van der Waals surface area (Å²) in [5, 5.41) is 14.9. The second kappa shape index (κ2) is 9.03. The number of aliphatic imine (C=N–C) groups is 2. The number of hydrazone groups is 1. The number of rotatable bonds is 7. The van der Waals surface area contributed by atoms with Crippen LogP contribution in [0.1, 0.15) is 6.92 Å². The van der Waals surface area contributed by atoms with E-state index in [0.29, 0.717) is 11.4 Å². The smallest absolute Gasteiger partial charge is 0.296 e. The summed E-state index contributed by atoms with van der Waals surface area (Å²) in [5.74, 6) is 0.00196. The third-order valence-corrected chi connectivity index (χ3v) is 4.56. The van der Waals surface area contributed by atoms with Gasteiger partial charge in [0.1, 0.15) is 10.6 Å². The van der Waals surface area contributed by atoms with Crippen LogP contribution in [0.2, 0.25) is 0 Å². The Hall–Kier alpha value is -3.64. The topological polar surface area (TPSA) is 173 Å². The lowest BCUT2D eigenvalue weighted by Crippen LogP contribution is -2.30. The van der Waals surface area contributed by atoms with Crippen molar-refractivity contribution in [1.82, 2.24) is 0 Å². The first-order valence-corrected chi connectivity index (χ1v) is 9.50. The first-order chi connectivity index (χ1) is 13.6. The van der Waals surface area contributed by atoms with Crippen LogP contribution in [0.25, 0.3) is 0 Å². The number of nitrogens with two attached hydrogens (primary N) is 1. The van der Waals surface area contributed by atoms with Gasteiger partial charge in [0.25, 0.3) is 15.8 Å². The molecule has 2 rings (SSSR count). The van der Waals surface area contributed by atoms with Crippen molar-refractivity contribution in [3.63, 3.8) is 0 Å². The van der Waals surface area contributed by atoms with E-state index in [0.717, 1.165) is 18.2 Å². The molecule has 0 atom stereocenters. The van der Waals surface area contributed by atoms with E-state index in [1.165, 1.54) is 7.05 Å². The molecule has 0 spiro atoms. The fourth-order valence-electron chi connectivity index (χ4n) is 2.17. The molecule has 0 fully saturated rings. The monoisotopic (exact) mass is 418 g/mol. The Morgan fingerprint density at radius 2 is 1.86 bits per heavy atom. The summed E-state index contributed by atoms with van der Waals surface area (Å²) in [7, 11) is -3.25. The van der Waals surface area contributed by atoms with Crippen LogP contribution in [-0.4, -0.2) is 42.2 Å². The summed E-state index contributed by atoms with van der Waals surface area (Å²) in [4.78, 5) is 17.6. The fraction of sp³-hybridized carbons (Fsp3) is 0.118. The van der Waals surface area contributed by atoms with Crippen LogP contribution in [0, 0.1) is 10.1 Å². The van der Waals surface area contributed by atoms with E-state index < -0.39 is 25.6 Å². The van der Waals surface area contributed by atoms with Crippen molar-refractivity contribution in [1.29, 1.82) is 0 Å².